The van der Waals surface area contributed by atoms with Crippen LogP contribution in [0.3, 0.4) is 0 Å². The number of anilines is 1. The Hall–Kier alpha value is -3.28. The summed E-state index contributed by atoms with van der Waals surface area (Å²) in [5.41, 5.74) is 3.37. The highest BCUT2D eigenvalue weighted by atomic mass is 16.3. The van der Waals surface area contributed by atoms with Crippen LogP contribution in [0.15, 0.2) is 60.9 Å². The normalized spacial score (nSPS) is 11.8. The van der Waals surface area contributed by atoms with Gasteiger partial charge in [0.1, 0.15) is 5.75 Å². The lowest BCUT2D eigenvalue weighted by Crippen LogP contribution is -2.31. The summed E-state index contributed by atoms with van der Waals surface area (Å²) in [5.74, 6) is 0.175. The average Bonchev–Trinajstić information content (AvgIpc) is 3.11. The molecule has 1 heterocycles. The van der Waals surface area contributed by atoms with Crippen LogP contribution in [0.5, 0.6) is 5.75 Å². The first-order valence-electron chi connectivity index (χ1n) is 8.00. The van der Waals surface area contributed by atoms with E-state index in [1.54, 1.807) is 29.1 Å². The molecular formula is C19H20N4O2. The Bertz CT molecular complexity index is 875. The number of nitrogens with zero attached hydrogens (tertiary/aromatic N) is 2. The molecule has 0 bridgehead atoms. The van der Waals surface area contributed by atoms with Crippen LogP contribution >= 0.6 is 0 Å². The summed E-state index contributed by atoms with van der Waals surface area (Å²) in [7, 11) is 0. The Labute approximate surface area is 146 Å². The number of phenols is 1. The van der Waals surface area contributed by atoms with Crippen LogP contribution in [0.4, 0.5) is 10.5 Å². The summed E-state index contributed by atoms with van der Waals surface area (Å²) in [6, 6.07) is 13.9. The van der Waals surface area contributed by atoms with Crippen LogP contribution < -0.4 is 10.6 Å². The van der Waals surface area contributed by atoms with Crippen molar-refractivity contribution in [2.24, 2.45) is 0 Å². The molecule has 0 fully saturated rings. The monoisotopic (exact) mass is 336 g/mol. The van der Waals surface area contributed by atoms with Crippen LogP contribution in [0, 0.1) is 6.92 Å². The number of hydrogen-bond acceptors (Lipinski definition) is 3. The SMILES string of the molecule is Cc1ccc(-n2cccn2)cc1NC(=O)N[C@@H](C)c1cccc(O)c1. The van der Waals surface area contributed by atoms with Crippen molar-refractivity contribution in [1.29, 1.82) is 0 Å². The number of urea groups is 1. The topological polar surface area (TPSA) is 79.2 Å². The van der Waals surface area contributed by atoms with E-state index in [0.29, 0.717) is 5.69 Å². The van der Waals surface area contributed by atoms with Gasteiger partial charge in [-0.1, -0.05) is 18.2 Å². The van der Waals surface area contributed by atoms with E-state index in [9.17, 15) is 9.90 Å². The van der Waals surface area contributed by atoms with E-state index >= 15 is 0 Å². The van der Waals surface area contributed by atoms with E-state index in [-0.39, 0.29) is 17.8 Å². The smallest absolute Gasteiger partial charge is 0.319 e. The van der Waals surface area contributed by atoms with Gasteiger partial charge in [-0.05, 0) is 55.3 Å². The van der Waals surface area contributed by atoms with Gasteiger partial charge < -0.3 is 15.7 Å². The first kappa shape index (κ1) is 16.6. The number of aryl methyl sites for hydroxylation is 1. The number of amides is 2. The van der Waals surface area contributed by atoms with Crippen molar-refractivity contribution in [1.82, 2.24) is 15.1 Å². The highest BCUT2D eigenvalue weighted by Crippen LogP contribution is 2.21. The molecule has 0 aliphatic rings. The fourth-order valence-corrected chi connectivity index (χ4v) is 2.54. The van der Waals surface area contributed by atoms with Gasteiger partial charge in [-0.25, -0.2) is 9.48 Å². The second kappa shape index (κ2) is 7.09. The van der Waals surface area contributed by atoms with E-state index in [1.165, 1.54) is 0 Å². The number of hydrogen-bond donors (Lipinski definition) is 3. The molecule has 3 rings (SSSR count). The molecule has 25 heavy (non-hydrogen) atoms. The lowest BCUT2D eigenvalue weighted by molar-refractivity contribution is 0.249. The fraction of sp³-hybridized carbons (Fsp3) is 0.158. The number of phenolic OH excluding ortho intramolecular Hbond substituents is 1. The van der Waals surface area contributed by atoms with Gasteiger partial charge in [-0.2, -0.15) is 5.10 Å². The molecule has 0 aliphatic carbocycles. The van der Waals surface area contributed by atoms with Crippen molar-refractivity contribution in [3.05, 3.63) is 72.1 Å². The summed E-state index contributed by atoms with van der Waals surface area (Å²) in [6.45, 7) is 3.79. The largest absolute Gasteiger partial charge is 0.508 e. The third-order valence-corrected chi connectivity index (χ3v) is 3.96. The zero-order chi connectivity index (χ0) is 17.8. The molecule has 2 aromatic carbocycles. The van der Waals surface area contributed by atoms with Gasteiger partial charge in [0.2, 0.25) is 0 Å². The minimum absolute atomic E-state index is 0.175. The minimum Gasteiger partial charge on any atom is -0.508 e. The Morgan fingerprint density at radius 3 is 2.76 bits per heavy atom. The highest BCUT2D eigenvalue weighted by molar-refractivity contribution is 5.90. The molecule has 0 unspecified atom stereocenters. The van der Waals surface area contributed by atoms with Crippen molar-refractivity contribution in [3.63, 3.8) is 0 Å². The van der Waals surface area contributed by atoms with Crippen molar-refractivity contribution < 1.29 is 9.90 Å². The van der Waals surface area contributed by atoms with E-state index in [2.05, 4.69) is 15.7 Å². The molecule has 0 aliphatic heterocycles. The van der Waals surface area contributed by atoms with E-state index in [4.69, 9.17) is 0 Å². The molecule has 0 saturated heterocycles. The quantitative estimate of drug-likeness (QED) is 0.678. The lowest BCUT2D eigenvalue weighted by Gasteiger charge is -2.16. The molecule has 3 aromatic rings. The van der Waals surface area contributed by atoms with E-state index in [1.807, 2.05) is 50.4 Å². The predicted octanol–water partition coefficient (Wildman–Crippen LogP) is 3.77. The maximum absolute atomic E-state index is 12.3. The highest BCUT2D eigenvalue weighted by Gasteiger charge is 2.11. The van der Waals surface area contributed by atoms with Crippen molar-refractivity contribution in [2.75, 3.05) is 5.32 Å². The molecule has 6 nitrogen and oxygen atoms in total. The van der Waals surface area contributed by atoms with Crippen molar-refractivity contribution in [2.45, 2.75) is 19.9 Å². The van der Waals surface area contributed by atoms with Gasteiger partial charge in [-0.15, -0.1) is 0 Å². The fourth-order valence-electron chi connectivity index (χ4n) is 2.54. The Morgan fingerprint density at radius 2 is 2.04 bits per heavy atom. The standard InChI is InChI=1S/C19H20N4O2/c1-13-7-8-16(23-10-4-9-20-23)12-18(13)22-19(25)21-14(2)15-5-3-6-17(24)11-15/h3-12,14,24H,1-2H3,(H2,21,22,25)/t14-/m0/s1. The van der Waals surface area contributed by atoms with Crippen LogP contribution in [0.2, 0.25) is 0 Å². The summed E-state index contributed by atoms with van der Waals surface area (Å²) < 4.78 is 1.73. The van der Waals surface area contributed by atoms with Gasteiger partial charge in [-0.3, -0.25) is 0 Å². The molecule has 0 spiro atoms. The number of carbonyl (C=O) groups is 1. The first-order valence-corrected chi connectivity index (χ1v) is 8.00. The zero-order valence-electron chi connectivity index (χ0n) is 14.1. The summed E-state index contributed by atoms with van der Waals surface area (Å²) in [6.07, 6.45) is 3.55. The molecular weight excluding hydrogens is 316 g/mol. The molecule has 128 valence electrons. The number of carbonyl (C=O) groups excluding carboxylic acids is 1. The number of benzene rings is 2. The second-order valence-electron chi connectivity index (χ2n) is 5.86. The second-order valence-corrected chi connectivity index (χ2v) is 5.86. The Morgan fingerprint density at radius 1 is 1.20 bits per heavy atom. The maximum Gasteiger partial charge on any atom is 0.319 e. The number of aromatic hydroxyl groups is 1. The van der Waals surface area contributed by atoms with Crippen molar-refractivity contribution in [3.8, 4) is 11.4 Å². The molecule has 6 heteroatoms. The van der Waals surface area contributed by atoms with Gasteiger partial charge in [0, 0.05) is 18.1 Å². The Kier molecular flexibility index (Phi) is 4.70. The molecule has 0 saturated carbocycles. The molecule has 2 amide bonds. The van der Waals surface area contributed by atoms with Crippen LogP contribution in [-0.4, -0.2) is 20.9 Å². The molecule has 1 aromatic heterocycles. The molecule has 0 radical (unpaired) electrons. The molecule has 3 N–H and O–H groups in total. The van der Waals surface area contributed by atoms with Gasteiger partial charge >= 0.3 is 6.03 Å². The van der Waals surface area contributed by atoms with E-state index < -0.39 is 0 Å². The van der Waals surface area contributed by atoms with Crippen LogP contribution in [0.1, 0.15) is 24.1 Å². The van der Waals surface area contributed by atoms with Gasteiger partial charge in [0.25, 0.3) is 0 Å². The minimum atomic E-state index is -0.309. The Balaban J connectivity index is 1.71. The predicted molar refractivity (Wildman–Crippen MR) is 97.0 cm³/mol. The number of nitrogens with one attached hydrogen (secondary N) is 2. The molecule has 1 atom stereocenters. The average molecular weight is 336 g/mol. The number of rotatable bonds is 4. The van der Waals surface area contributed by atoms with Crippen LogP contribution in [0.25, 0.3) is 5.69 Å². The van der Waals surface area contributed by atoms with Gasteiger partial charge in [0.15, 0.2) is 0 Å². The van der Waals surface area contributed by atoms with Gasteiger partial charge in [0.05, 0.1) is 11.7 Å². The maximum atomic E-state index is 12.3. The zero-order valence-corrected chi connectivity index (χ0v) is 14.1. The van der Waals surface area contributed by atoms with E-state index in [0.717, 1.165) is 16.8 Å². The van der Waals surface area contributed by atoms with Crippen molar-refractivity contribution >= 4 is 11.7 Å². The summed E-state index contributed by atoms with van der Waals surface area (Å²) >= 11 is 0. The summed E-state index contributed by atoms with van der Waals surface area (Å²) in [4.78, 5) is 12.3. The first-order chi connectivity index (χ1) is 12.0. The lowest BCUT2D eigenvalue weighted by atomic mass is 10.1. The van der Waals surface area contributed by atoms with Crippen LogP contribution in [-0.2, 0) is 0 Å². The third kappa shape index (κ3) is 3.98. The third-order valence-electron chi connectivity index (χ3n) is 3.96. The summed E-state index contributed by atoms with van der Waals surface area (Å²) in [5, 5.41) is 19.5. The number of aromatic nitrogens is 2.